The molecule has 5 N–H and O–H groups in total. The maximum atomic E-state index is 11.8. The lowest BCUT2D eigenvalue weighted by atomic mass is 10.1. The molecule has 132 valence electrons. The van der Waals surface area contributed by atoms with Gasteiger partial charge in [0.1, 0.15) is 17.4 Å². The van der Waals surface area contributed by atoms with Crippen molar-refractivity contribution in [2.45, 2.75) is 25.7 Å². The lowest BCUT2D eigenvalue weighted by molar-refractivity contribution is 0.252. The van der Waals surface area contributed by atoms with Gasteiger partial charge in [-0.1, -0.05) is 6.42 Å². The van der Waals surface area contributed by atoms with E-state index in [0.717, 1.165) is 30.7 Å². The molecule has 0 spiro atoms. The summed E-state index contributed by atoms with van der Waals surface area (Å²) in [5, 5.41) is 21.2. The van der Waals surface area contributed by atoms with Crippen molar-refractivity contribution < 1.29 is 9.53 Å². The van der Waals surface area contributed by atoms with Crippen LogP contribution in [0.3, 0.4) is 0 Å². The Kier molecular flexibility index (Phi) is 6.65. The third-order valence-electron chi connectivity index (χ3n) is 3.72. The number of ether oxygens (including phenoxy) is 1. The van der Waals surface area contributed by atoms with Crippen LogP contribution in [0.2, 0.25) is 0 Å². The number of aryl methyl sites for hydroxylation is 1. The second-order valence-electron chi connectivity index (χ2n) is 5.49. The van der Waals surface area contributed by atoms with Gasteiger partial charge in [-0.2, -0.15) is 10.4 Å². The second kappa shape index (κ2) is 9.17. The molecule has 0 unspecified atom stereocenters. The molecule has 0 atom stereocenters. The first kappa shape index (κ1) is 18.1. The Morgan fingerprint density at radius 1 is 1.32 bits per heavy atom. The number of urea groups is 1. The maximum Gasteiger partial charge on any atom is 0.319 e. The Morgan fingerprint density at radius 2 is 2.08 bits per heavy atom. The zero-order chi connectivity index (χ0) is 18.1. The number of nitrogens with two attached hydrogens (primary N) is 1. The number of methoxy groups -OCH3 is 1. The number of benzene rings is 1. The number of nitriles is 1. The van der Waals surface area contributed by atoms with Gasteiger partial charge < -0.3 is 21.1 Å². The number of carbonyl (C=O) groups excluding carboxylic acids is 1. The van der Waals surface area contributed by atoms with E-state index in [1.807, 2.05) is 6.07 Å². The van der Waals surface area contributed by atoms with Crippen LogP contribution in [0, 0.1) is 11.3 Å². The fourth-order valence-corrected chi connectivity index (χ4v) is 2.35. The predicted molar refractivity (Wildman–Crippen MR) is 95.3 cm³/mol. The standard InChI is InChI=1S/C17H22N6O2/c1-25-13-8-6-12(7-9-13)21-17(24)20-10-4-2-3-5-15-14(11-18)16(19)23-22-15/h6-9H,2-5,10H2,1H3,(H3,19,22,23)(H2,20,21,24). The zero-order valence-corrected chi connectivity index (χ0v) is 14.1. The second-order valence-corrected chi connectivity index (χ2v) is 5.49. The third kappa shape index (κ3) is 5.42. The summed E-state index contributed by atoms with van der Waals surface area (Å²) in [5.74, 6) is 0.985. The van der Waals surface area contributed by atoms with Crippen molar-refractivity contribution in [3.63, 3.8) is 0 Å². The molecule has 2 amide bonds. The largest absolute Gasteiger partial charge is 0.497 e. The lowest BCUT2D eigenvalue weighted by Gasteiger charge is -2.08. The molecule has 8 heteroatoms. The van der Waals surface area contributed by atoms with Crippen molar-refractivity contribution in [1.82, 2.24) is 15.5 Å². The molecule has 0 aliphatic rings. The molecule has 0 bridgehead atoms. The predicted octanol–water partition coefficient (Wildman–Crippen LogP) is 2.41. The summed E-state index contributed by atoms with van der Waals surface area (Å²) in [5.41, 5.74) is 7.49. The van der Waals surface area contributed by atoms with Crippen LogP contribution in [0.4, 0.5) is 16.3 Å². The van der Waals surface area contributed by atoms with Gasteiger partial charge in [0.2, 0.25) is 0 Å². The molecule has 0 saturated heterocycles. The highest BCUT2D eigenvalue weighted by Crippen LogP contribution is 2.15. The molecule has 1 heterocycles. The monoisotopic (exact) mass is 342 g/mol. The number of nitrogens with one attached hydrogen (secondary N) is 3. The van der Waals surface area contributed by atoms with Crippen LogP contribution >= 0.6 is 0 Å². The summed E-state index contributed by atoms with van der Waals surface area (Å²) in [4.78, 5) is 11.8. The number of carbonyl (C=O) groups is 1. The van der Waals surface area contributed by atoms with Crippen molar-refractivity contribution >= 4 is 17.5 Å². The number of hydrogen-bond donors (Lipinski definition) is 4. The van der Waals surface area contributed by atoms with Crippen LogP contribution in [0.5, 0.6) is 5.75 Å². The summed E-state index contributed by atoms with van der Waals surface area (Å²) in [7, 11) is 1.59. The highest BCUT2D eigenvalue weighted by Gasteiger charge is 2.09. The van der Waals surface area contributed by atoms with Crippen molar-refractivity contribution in [2.75, 3.05) is 24.7 Å². The van der Waals surface area contributed by atoms with Gasteiger partial charge in [-0.3, -0.25) is 5.10 Å². The average molecular weight is 342 g/mol. The lowest BCUT2D eigenvalue weighted by Crippen LogP contribution is -2.29. The highest BCUT2D eigenvalue weighted by molar-refractivity contribution is 5.89. The fraction of sp³-hybridized carbons (Fsp3) is 0.353. The van der Waals surface area contributed by atoms with E-state index in [1.165, 1.54) is 0 Å². The summed E-state index contributed by atoms with van der Waals surface area (Å²) in [6.07, 6.45) is 3.37. The Balaban J connectivity index is 1.60. The van der Waals surface area contributed by atoms with E-state index in [-0.39, 0.29) is 11.8 Å². The molecular formula is C17H22N6O2. The molecular weight excluding hydrogens is 320 g/mol. The first-order chi connectivity index (χ1) is 12.1. The van der Waals surface area contributed by atoms with Crippen LogP contribution in [0.25, 0.3) is 0 Å². The first-order valence-corrected chi connectivity index (χ1v) is 8.05. The summed E-state index contributed by atoms with van der Waals surface area (Å²) in [6, 6.07) is 8.94. The Hall–Kier alpha value is -3.21. The molecule has 1 aromatic carbocycles. The Labute approximate surface area is 146 Å². The summed E-state index contributed by atoms with van der Waals surface area (Å²) in [6.45, 7) is 0.582. The molecule has 0 aliphatic carbocycles. The van der Waals surface area contributed by atoms with Gasteiger partial charge in [0.05, 0.1) is 12.8 Å². The third-order valence-corrected chi connectivity index (χ3v) is 3.72. The van der Waals surface area contributed by atoms with Gasteiger partial charge in [-0.05, 0) is 43.5 Å². The molecule has 1 aromatic heterocycles. The van der Waals surface area contributed by atoms with Crippen molar-refractivity contribution in [3.8, 4) is 11.8 Å². The minimum atomic E-state index is -0.238. The van der Waals surface area contributed by atoms with Gasteiger partial charge >= 0.3 is 6.03 Å². The number of rotatable bonds is 8. The van der Waals surface area contributed by atoms with Crippen molar-refractivity contribution in [3.05, 3.63) is 35.5 Å². The topological polar surface area (TPSA) is 129 Å². The number of amides is 2. The minimum absolute atomic E-state index is 0.238. The fourth-order valence-electron chi connectivity index (χ4n) is 2.35. The minimum Gasteiger partial charge on any atom is -0.497 e. The zero-order valence-electron chi connectivity index (χ0n) is 14.1. The SMILES string of the molecule is COc1ccc(NC(=O)NCCCCCc2[nH]nc(N)c2C#N)cc1. The molecule has 0 radical (unpaired) electrons. The van der Waals surface area contributed by atoms with Gasteiger partial charge in [-0.15, -0.1) is 0 Å². The van der Waals surface area contributed by atoms with E-state index in [4.69, 9.17) is 15.7 Å². The van der Waals surface area contributed by atoms with E-state index in [1.54, 1.807) is 31.4 Å². The van der Waals surface area contributed by atoms with Crippen LogP contribution < -0.4 is 21.1 Å². The van der Waals surface area contributed by atoms with Crippen LogP contribution in [-0.4, -0.2) is 29.9 Å². The molecule has 0 saturated carbocycles. The summed E-state index contributed by atoms with van der Waals surface area (Å²) < 4.78 is 5.07. The number of anilines is 2. The number of nitrogen functional groups attached to an aromatic ring is 1. The number of hydrogen-bond acceptors (Lipinski definition) is 5. The normalized spacial score (nSPS) is 10.1. The first-order valence-electron chi connectivity index (χ1n) is 8.05. The van der Waals surface area contributed by atoms with Gasteiger partial charge in [-0.25, -0.2) is 4.79 Å². The molecule has 8 nitrogen and oxygen atoms in total. The van der Waals surface area contributed by atoms with Gasteiger partial charge in [0.25, 0.3) is 0 Å². The van der Waals surface area contributed by atoms with Gasteiger partial charge in [0.15, 0.2) is 5.82 Å². The van der Waals surface area contributed by atoms with E-state index >= 15 is 0 Å². The van der Waals surface area contributed by atoms with Gasteiger partial charge in [0, 0.05) is 12.2 Å². The van der Waals surface area contributed by atoms with E-state index < -0.39 is 0 Å². The number of aromatic nitrogens is 2. The number of aromatic amines is 1. The Bertz CT molecular complexity index is 733. The molecule has 0 fully saturated rings. The average Bonchev–Trinajstić information content (AvgIpc) is 2.98. The van der Waals surface area contributed by atoms with Crippen LogP contribution in [-0.2, 0) is 6.42 Å². The highest BCUT2D eigenvalue weighted by atomic mass is 16.5. The van der Waals surface area contributed by atoms with Crippen molar-refractivity contribution in [1.29, 1.82) is 5.26 Å². The summed E-state index contributed by atoms with van der Waals surface area (Å²) >= 11 is 0. The van der Waals surface area contributed by atoms with E-state index in [0.29, 0.717) is 24.2 Å². The molecule has 2 aromatic rings. The molecule has 2 rings (SSSR count). The number of H-pyrrole nitrogens is 1. The Morgan fingerprint density at radius 3 is 2.76 bits per heavy atom. The van der Waals surface area contributed by atoms with Crippen molar-refractivity contribution in [2.24, 2.45) is 0 Å². The molecule has 25 heavy (non-hydrogen) atoms. The quantitative estimate of drug-likeness (QED) is 0.548. The number of nitrogens with zero attached hydrogens (tertiary/aromatic N) is 2. The smallest absolute Gasteiger partial charge is 0.319 e. The van der Waals surface area contributed by atoms with Crippen LogP contribution in [0.15, 0.2) is 24.3 Å². The van der Waals surface area contributed by atoms with E-state index in [9.17, 15) is 4.79 Å². The molecule has 0 aliphatic heterocycles. The van der Waals surface area contributed by atoms with E-state index in [2.05, 4.69) is 20.8 Å². The maximum absolute atomic E-state index is 11.8. The number of unbranched alkanes of at least 4 members (excludes halogenated alkanes) is 2. The van der Waals surface area contributed by atoms with Crippen LogP contribution in [0.1, 0.15) is 30.5 Å².